The number of hydrogen-bond donors (Lipinski definition) is 1. The standard InChI is InChI=1S/C28H27F2N3O2.Co/c1-4-33-25-13-11-21(35-3)17-22(25)28(2,18-19-10-12-23(29)24(30)16-19)26(33)14-15-31-32-27(34)20-8-6-5-7-9-20;/h5-17H,4,18H2,1-3H3,(H,32,34);/b26-14-,31-15+;. The summed E-state index contributed by atoms with van der Waals surface area (Å²) in [6, 6.07) is 18.8. The second-order valence-corrected chi connectivity index (χ2v) is 8.49. The Morgan fingerprint density at radius 2 is 1.81 bits per heavy atom. The summed E-state index contributed by atoms with van der Waals surface area (Å²) in [6.07, 6.45) is 3.81. The Labute approximate surface area is 220 Å². The molecule has 4 rings (SSSR count). The molecule has 8 heteroatoms. The molecule has 1 atom stereocenters. The number of halogens is 2. The molecule has 3 aromatic carbocycles. The molecule has 1 unspecified atom stereocenters. The molecule has 5 nitrogen and oxygen atoms in total. The zero-order valence-electron chi connectivity index (χ0n) is 20.2. The topological polar surface area (TPSA) is 57.4 Å². The number of allylic oxidation sites excluding steroid dienone is 2. The van der Waals surface area contributed by atoms with Gasteiger partial charge in [-0.25, -0.2) is 8.78 Å². The van der Waals surface area contributed by atoms with Crippen LogP contribution >= 0.6 is 0 Å². The van der Waals surface area contributed by atoms with Crippen LogP contribution in [-0.4, -0.2) is 30.9 Å². The number of aliphatic hydroxyl groups is 1. The third-order valence-electron chi connectivity index (χ3n) is 6.29. The van der Waals surface area contributed by atoms with Crippen molar-refractivity contribution < 1.29 is 35.4 Å². The van der Waals surface area contributed by atoms with Gasteiger partial charge in [-0.3, -0.25) is 0 Å². The molecule has 0 saturated carbocycles. The van der Waals surface area contributed by atoms with Gasteiger partial charge in [0.1, 0.15) is 5.75 Å². The first-order chi connectivity index (χ1) is 16.9. The van der Waals surface area contributed by atoms with E-state index >= 15 is 0 Å². The van der Waals surface area contributed by atoms with Crippen molar-refractivity contribution in [2.75, 3.05) is 18.6 Å². The van der Waals surface area contributed by atoms with Crippen LogP contribution < -0.4 is 9.64 Å². The monoisotopic (exact) mass is 534 g/mol. The Morgan fingerprint density at radius 1 is 1.06 bits per heavy atom. The maximum absolute atomic E-state index is 14.0. The van der Waals surface area contributed by atoms with Crippen LogP contribution in [0.25, 0.3) is 0 Å². The normalized spacial score (nSPS) is 18.4. The van der Waals surface area contributed by atoms with E-state index in [0.717, 1.165) is 23.0 Å². The Bertz CT molecular complexity index is 1310. The third-order valence-corrected chi connectivity index (χ3v) is 6.29. The van der Waals surface area contributed by atoms with Crippen molar-refractivity contribution in [3.8, 4) is 5.75 Å². The predicted octanol–water partition coefficient (Wildman–Crippen LogP) is 6.19. The van der Waals surface area contributed by atoms with Crippen LogP contribution in [0.1, 0.15) is 30.5 Å². The van der Waals surface area contributed by atoms with Gasteiger partial charge in [0.15, 0.2) is 11.6 Å². The summed E-state index contributed by atoms with van der Waals surface area (Å²) in [7, 11) is 1.61. The number of ether oxygens (including phenoxy) is 1. The van der Waals surface area contributed by atoms with Gasteiger partial charge in [0.2, 0.25) is 5.90 Å². The first-order valence-electron chi connectivity index (χ1n) is 11.3. The van der Waals surface area contributed by atoms with Gasteiger partial charge in [-0.15, -0.1) is 5.10 Å². The minimum absolute atomic E-state index is 0. The molecule has 1 aliphatic rings. The first-order valence-corrected chi connectivity index (χ1v) is 11.3. The number of aliphatic hydroxyl groups excluding tert-OH is 1. The molecule has 1 N–H and O–H groups in total. The molecule has 0 aromatic heterocycles. The van der Waals surface area contributed by atoms with Crippen LogP contribution in [0.3, 0.4) is 0 Å². The van der Waals surface area contributed by atoms with Crippen LogP contribution in [0.4, 0.5) is 14.5 Å². The van der Waals surface area contributed by atoms with E-state index in [1.54, 1.807) is 37.4 Å². The number of likely N-dealkylation sites (N-methyl/N-ethyl adjacent to an activating group) is 1. The van der Waals surface area contributed by atoms with E-state index in [1.165, 1.54) is 12.3 Å². The van der Waals surface area contributed by atoms with Crippen LogP contribution in [0.5, 0.6) is 5.75 Å². The molecule has 1 aliphatic heterocycles. The minimum Gasteiger partial charge on any atom is -0.497 e. The zero-order valence-corrected chi connectivity index (χ0v) is 21.2. The van der Waals surface area contributed by atoms with E-state index in [4.69, 9.17) is 4.74 Å². The Kier molecular flexibility index (Phi) is 8.65. The summed E-state index contributed by atoms with van der Waals surface area (Å²) in [4.78, 5) is 2.15. The van der Waals surface area contributed by atoms with E-state index in [0.29, 0.717) is 29.8 Å². The average molecular weight is 534 g/mol. The van der Waals surface area contributed by atoms with Gasteiger partial charge in [-0.1, -0.05) is 24.3 Å². The fraction of sp³-hybridized carbons (Fsp3) is 0.214. The predicted molar refractivity (Wildman–Crippen MR) is 136 cm³/mol. The number of fused-ring (bicyclic) bond motifs is 1. The molecule has 0 fully saturated rings. The van der Waals surface area contributed by atoms with Crippen molar-refractivity contribution in [2.45, 2.75) is 25.7 Å². The maximum atomic E-state index is 14.0. The molecule has 36 heavy (non-hydrogen) atoms. The summed E-state index contributed by atoms with van der Waals surface area (Å²) in [5.41, 5.74) is 3.59. The quantitative estimate of drug-likeness (QED) is 0.224. The van der Waals surface area contributed by atoms with Gasteiger partial charge in [0.25, 0.3) is 0 Å². The molecule has 3 aromatic rings. The van der Waals surface area contributed by atoms with Gasteiger partial charge >= 0.3 is 0 Å². The summed E-state index contributed by atoms with van der Waals surface area (Å²) < 4.78 is 33.1. The van der Waals surface area contributed by atoms with Gasteiger partial charge in [0, 0.05) is 45.7 Å². The summed E-state index contributed by atoms with van der Waals surface area (Å²) in [5.74, 6) is -1.22. The second kappa shape index (κ2) is 11.5. The molecular weight excluding hydrogens is 507 g/mol. The number of methoxy groups -OCH3 is 1. The van der Waals surface area contributed by atoms with E-state index in [9.17, 15) is 13.9 Å². The second-order valence-electron chi connectivity index (χ2n) is 8.49. The van der Waals surface area contributed by atoms with E-state index in [1.807, 2.05) is 37.3 Å². The molecule has 0 aliphatic carbocycles. The van der Waals surface area contributed by atoms with Gasteiger partial charge < -0.3 is 14.7 Å². The largest absolute Gasteiger partial charge is 0.497 e. The van der Waals surface area contributed by atoms with E-state index in [2.05, 4.69) is 22.0 Å². The number of hydrogen-bond acceptors (Lipinski definition) is 4. The molecule has 1 heterocycles. The molecule has 1 radical (unpaired) electrons. The van der Waals surface area contributed by atoms with Crippen molar-refractivity contribution >= 4 is 17.8 Å². The molecule has 0 amide bonds. The van der Waals surface area contributed by atoms with Crippen LogP contribution in [-0.2, 0) is 28.6 Å². The Morgan fingerprint density at radius 3 is 2.47 bits per heavy atom. The van der Waals surface area contributed by atoms with Crippen molar-refractivity contribution in [1.82, 2.24) is 0 Å². The van der Waals surface area contributed by atoms with Crippen molar-refractivity contribution in [2.24, 2.45) is 10.2 Å². The molecule has 0 bridgehead atoms. The van der Waals surface area contributed by atoms with Crippen molar-refractivity contribution in [3.05, 3.63) is 107 Å². The smallest absolute Gasteiger partial charge is 0.238 e. The maximum Gasteiger partial charge on any atom is 0.238 e. The molecular formula is C28H27CoF2N3O2. The molecule has 0 spiro atoms. The average Bonchev–Trinajstić information content (AvgIpc) is 3.10. The number of anilines is 1. The molecule has 0 saturated heterocycles. The summed E-state index contributed by atoms with van der Waals surface area (Å²) in [6.45, 7) is 4.79. The van der Waals surface area contributed by atoms with Gasteiger partial charge in [-0.2, -0.15) is 5.10 Å². The number of benzene rings is 3. The number of nitrogens with zero attached hydrogens (tertiary/aromatic N) is 3. The van der Waals surface area contributed by atoms with Gasteiger partial charge in [-0.05, 0) is 79.9 Å². The van der Waals surface area contributed by atoms with Crippen molar-refractivity contribution in [1.29, 1.82) is 0 Å². The minimum atomic E-state index is -0.875. The third kappa shape index (κ3) is 5.34. The Balaban J connectivity index is 0.00000361. The first kappa shape index (κ1) is 27.1. The van der Waals surface area contributed by atoms with E-state index in [-0.39, 0.29) is 22.7 Å². The fourth-order valence-corrected chi connectivity index (χ4v) is 4.58. The Hall–Kier alpha value is -3.49. The van der Waals surface area contributed by atoms with Crippen LogP contribution in [0.15, 0.2) is 88.7 Å². The summed E-state index contributed by atoms with van der Waals surface area (Å²) >= 11 is 0. The van der Waals surface area contributed by atoms with Crippen LogP contribution in [0, 0.1) is 11.6 Å². The zero-order chi connectivity index (χ0) is 25.0. The SMILES string of the molecule is CCN1\C(=C/C=N/N=C(\O)c2ccccc2)C(C)(Cc2ccc(F)c(F)c2)c2cc(OC)ccc21.[Co]. The summed E-state index contributed by atoms with van der Waals surface area (Å²) in [5, 5.41) is 18.1. The van der Waals surface area contributed by atoms with Crippen molar-refractivity contribution in [3.63, 3.8) is 0 Å². The van der Waals surface area contributed by atoms with Gasteiger partial charge in [0.05, 0.1) is 13.3 Å². The fourth-order valence-electron chi connectivity index (χ4n) is 4.58. The molecule has 189 valence electrons. The van der Waals surface area contributed by atoms with E-state index < -0.39 is 17.0 Å². The number of rotatable bonds is 7. The van der Waals surface area contributed by atoms with Crippen LogP contribution in [0.2, 0.25) is 0 Å².